The molecular formula is C14H21NO. The number of aliphatic hydroxyl groups excluding tert-OH is 1. The van der Waals surface area contributed by atoms with Crippen LogP contribution in [-0.4, -0.2) is 17.3 Å². The molecule has 0 radical (unpaired) electrons. The summed E-state index contributed by atoms with van der Waals surface area (Å²) in [6.45, 7) is 2.20. The molecule has 1 aromatic carbocycles. The second-order valence-electron chi connectivity index (χ2n) is 4.70. The third-order valence-electron chi connectivity index (χ3n) is 3.32. The molecule has 0 heterocycles. The predicted octanol–water partition coefficient (Wildman–Crippen LogP) is 2.96. The lowest BCUT2D eigenvalue weighted by atomic mass is 10.1. The van der Waals surface area contributed by atoms with E-state index in [0.29, 0.717) is 0 Å². The molecule has 2 atom stereocenters. The number of hydrogen-bond donors (Lipinski definition) is 2. The van der Waals surface area contributed by atoms with Gasteiger partial charge in [0.25, 0.3) is 0 Å². The Morgan fingerprint density at radius 3 is 2.56 bits per heavy atom. The molecule has 1 saturated carbocycles. The third-order valence-corrected chi connectivity index (χ3v) is 3.32. The number of benzene rings is 1. The highest BCUT2D eigenvalue weighted by atomic mass is 16.3. The van der Waals surface area contributed by atoms with Crippen LogP contribution in [0.4, 0.5) is 5.69 Å². The van der Waals surface area contributed by atoms with Gasteiger partial charge in [-0.25, -0.2) is 0 Å². The molecule has 2 nitrogen and oxygen atoms in total. The zero-order valence-corrected chi connectivity index (χ0v) is 9.95. The van der Waals surface area contributed by atoms with Crippen LogP contribution in [0.25, 0.3) is 0 Å². The summed E-state index contributed by atoms with van der Waals surface area (Å²) in [5.74, 6) is 0. The molecule has 1 aromatic rings. The van der Waals surface area contributed by atoms with Crippen molar-refractivity contribution in [1.82, 2.24) is 0 Å². The molecule has 0 unspecified atom stereocenters. The number of hydrogen-bond acceptors (Lipinski definition) is 2. The average Bonchev–Trinajstić information content (AvgIpc) is 2.68. The molecule has 2 heteroatoms. The molecule has 0 aromatic heterocycles. The van der Waals surface area contributed by atoms with Crippen molar-refractivity contribution in [2.24, 2.45) is 0 Å². The van der Waals surface area contributed by atoms with E-state index in [4.69, 9.17) is 0 Å². The molecule has 1 fully saturated rings. The lowest BCUT2D eigenvalue weighted by Gasteiger charge is -2.17. The second kappa shape index (κ2) is 5.35. The topological polar surface area (TPSA) is 32.3 Å². The summed E-state index contributed by atoms with van der Waals surface area (Å²) >= 11 is 0. The van der Waals surface area contributed by atoms with E-state index < -0.39 is 0 Å². The van der Waals surface area contributed by atoms with E-state index >= 15 is 0 Å². The Morgan fingerprint density at radius 2 is 2.00 bits per heavy atom. The van der Waals surface area contributed by atoms with Crippen LogP contribution in [0, 0.1) is 0 Å². The number of rotatable bonds is 4. The van der Waals surface area contributed by atoms with Gasteiger partial charge in [0.15, 0.2) is 0 Å². The zero-order chi connectivity index (χ0) is 11.4. The maximum Gasteiger partial charge on any atom is 0.0741 e. The summed E-state index contributed by atoms with van der Waals surface area (Å²) in [6, 6.07) is 8.84. The first-order valence-electron chi connectivity index (χ1n) is 6.33. The fourth-order valence-electron chi connectivity index (χ4n) is 2.38. The Morgan fingerprint density at radius 1 is 1.25 bits per heavy atom. The van der Waals surface area contributed by atoms with Gasteiger partial charge in [0.1, 0.15) is 0 Å². The lowest BCUT2D eigenvalue weighted by Crippen LogP contribution is -2.27. The van der Waals surface area contributed by atoms with Gasteiger partial charge < -0.3 is 10.4 Å². The molecule has 2 rings (SSSR count). The van der Waals surface area contributed by atoms with Gasteiger partial charge in [-0.2, -0.15) is 0 Å². The quantitative estimate of drug-likeness (QED) is 0.816. The first-order valence-corrected chi connectivity index (χ1v) is 6.33. The standard InChI is InChI=1S/C14H21NO/c1-2-4-11-7-9-12(10-8-11)15-13-5-3-6-14(13)16/h7-10,13-16H,2-6H2,1H3/t13-,14-/m0/s1. The fourth-order valence-corrected chi connectivity index (χ4v) is 2.38. The van der Waals surface area contributed by atoms with Crippen molar-refractivity contribution in [3.05, 3.63) is 29.8 Å². The van der Waals surface area contributed by atoms with Gasteiger partial charge in [-0.3, -0.25) is 0 Å². The summed E-state index contributed by atoms with van der Waals surface area (Å²) in [5, 5.41) is 13.1. The van der Waals surface area contributed by atoms with Crippen LogP contribution >= 0.6 is 0 Å². The largest absolute Gasteiger partial charge is 0.391 e. The van der Waals surface area contributed by atoms with E-state index in [1.54, 1.807) is 0 Å². The Kier molecular flexibility index (Phi) is 3.83. The monoisotopic (exact) mass is 219 g/mol. The van der Waals surface area contributed by atoms with E-state index in [1.165, 1.54) is 12.0 Å². The third kappa shape index (κ3) is 2.76. The molecule has 88 valence electrons. The van der Waals surface area contributed by atoms with Crippen molar-refractivity contribution in [2.75, 3.05) is 5.32 Å². The van der Waals surface area contributed by atoms with Gasteiger partial charge in [-0.1, -0.05) is 25.5 Å². The van der Waals surface area contributed by atoms with Crippen molar-refractivity contribution in [3.8, 4) is 0 Å². The van der Waals surface area contributed by atoms with Crippen molar-refractivity contribution in [3.63, 3.8) is 0 Å². The molecule has 0 saturated heterocycles. The molecular weight excluding hydrogens is 198 g/mol. The first kappa shape index (κ1) is 11.5. The number of anilines is 1. The Labute approximate surface area is 97.7 Å². The van der Waals surface area contributed by atoms with Crippen LogP contribution in [0.1, 0.15) is 38.2 Å². The second-order valence-corrected chi connectivity index (χ2v) is 4.70. The highest BCUT2D eigenvalue weighted by Crippen LogP contribution is 2.23. The summed E-state index contributed by atoms with van der Waals surface area (Å²) < 4.78 is 0. The Hall–Kier alpha value is -1.02. The smallest absolute Gasteiger partial charge is 0.0741 e. The minimum atomic E-state index is -0.171. The van der Waals surface area contributed by atoms with Crippen LogP contribution in [-0.2, 0) is 6.42 Å². The van der Waals surface area contributed by atoms with Crippen molar-refractivity contribution < 1.29 is 5.11 Å². The van der Waals surface area contributed by atoms with Crippen molar-refractivity contribution >= 4 is 5.69 Å². The Balaban J connectivity index is 1.94. The van der Waals surface area contributed by atoms with Gasteiger partial charge in [0.05, 0.1) is 12.1 Å². The maximum absolute atomic E-state index is 9.73. The van der Waals surface area contributed by atoms with E-state index in [0.717, 1.165) is 31.4 Å². The molecule has 1 aliphatic rings. The van der Waals surface area contributed by atoms with Crippen LogP contribution in [0.15, 0.2) is 24.3 Å². The predicted molar refractivity (Wildman–Crippen MR) is 67.7 cm³/mol. The van der Waals surface area contributed by atoms with Crippen LogP contribution < -0.4 is 5.32 Å². The molecule has 1 aliphatic carbocycles. The van der Waals surface area contributed by atoms with Gasteiger partial charge in [0, 0.05) is 5.69 Å². The van der Waals surface area contributed by atoms with E-state index in [1.807, 2.05) is 0 Å². The Bertz CT molecular complexity index is 320. The summed E-state index contributed by atoms with van der Waals surface area (Å²) in [7, 11) is 0. The lowest BCUT2D eigenvalue weighted by molar-refractivity contribution is 0.172. The van der Waals surface area contributed by atoms with Gasteiger partial charge in [-0.15, -0.1) is 0 Å². The van der Waals surface area contributed by atoms with E-state index in [2.05, 4.69) is 36.5 Å². The van der Waals surface area contributed by atoms with E-state index in [9.17, 15) is 5.11 Å². The zero-order valence-electron chi connectivity index (χ0n) is 9.95. The molecule has 0 spiro atoms. The number of aliphatic hydroxyl groups is 1. The highest BCUT2D eigenvalue weighted by Gasteiger charge is 2.24. The molecule has 2 N–H and O–H groups in total. The van der Waals surface area contributed by atoms with Crippen LogP contribution in [0.3, 0.4) is 0 Å². The van der Waals surface area contributed by atoms with Crippen LogP contribution in [0.5, 0.6) is 0 Å². The molecule has 16 heavy (non-hydrogen) atoms. The van der Waals surface area contributed by atoms with Crippen molar-refractivity contribution in [1.29, 1.82) is 0 Å². The summed E-state index contributed by atoms with van der Waals surface area (Å²) in [6.07, 6.45) is 5.31. The number of nitrogens with one attached hydrogen (secondary N) is 1. The minimum absolute atomic E-state index is 0.171. The van der Waals surface area contributed by atoms with Crippen LogP contribution in [0.2, 0.25) is 0 Å². The number of aryl methyl sites for hydroxylation is 1. The fraction of sp³-hybridized carbons (Fsp3) is 0.571. The molecule has 0 bridgehead atoms. The van der Waals surface area contributed by atoms with E-state index in [-0.39, 0.29) is 12.1 Å². The first-order chi connectivity index (χ1) is 7.79. The van der Waals surface area contributed by atoms with Gasteiger partial charge in [-0.05, 0) is 43.4 Å². The minimum Gasteiger partial charge on any atom is -0.391 e. The SMILES string of the molecule is CCCc1ccc(N[C@H]2CCC[C@@H]2O)cc1. The molecule has 0 amide bonds. The van der Waals surface area contributed by atoms with Gasteiger partial charge in [0.2, 0.25) is 0 Å². The highest BCUT2D eigenvalue weighted by molar-refractivity contribution is 5.45. The summed E-state index contributed by atoms with van der Waals surface area (Å²) in [4.78, 5) is 0. The average molecular weight is 219 g/mol. The van der Waals surface area contributed by atoms with Crippen molar-refractivity contribution in [2.45, 2.75) is 51.2 Å². The molecule has 0 aliphatic heterocycles. The summed E-state index contributed by atoms with van der Waals surface area (Å²) in [5.41, 5.74) is 2.52. The normalized spacial score (nSPS) is 24.6. The van der Waals surface area contributed by atoms with Gasteiger partial charge >= 0.3 is 0 Å². The maximum atomic E-state index is 9.73.